The van der Waals surface area contributed by atoms with Crippen molar-refractivity contribution >= 4 is 24.1 Å². The third kappa shape index (κ3) is 5.88. The van der Waals surface area contributed by atoms with Gasteiger partial charge in [-0.15, -0.1) is 0 Å². The second-order valence-electron chi connectivity index (χ2n) is 6.36. The molecule has 1 unspecified atom stereocenters. The standard InChI is InChI=1S/C22H23NO8/c1-3-29-21(25)17-12-10-16(19(20(17)23(27)28)22(26)30-4-2)11-13-18(31-14-24)15-8-6-5-7-9-15/h5-10,12,14,18H,3-4,11,13H2,1-2H3. The van der Waals surface area contributed by atoms with Crippen molar-refractivity contribution in [3.05, 3.63) is 74.8 Å². The van der Waals surface area contributed by atoms with Crippen LogP contribution in [0, 0.1) is 10.1 Å². The van der Waals surface area contributed by atoms with Crippen molar-refractivity contribution in [1.29, 1.82) is 0 Å². The molecule has 0 aliphatic rings. The van der Waals surface area contributed by atoms with Gasteiger partial charge in [-0.25, -0.2) is 9.59 Å². The van der Waals surface area contributed by atoms with E-state index in [1.165, 1.54) is 12.1 Å². The Morgan fingerprint density at radius 2 is 1.68 bits per heavy atom. The number of nitro groups is 1. The van der Waals surface area contributed by atoms with Crippen LogP contribution in [0.15, 0.2) is 42.5 Å². The highest BCUT2D eigenvalue weighted by atomic mass is 16.6. The molecule has 2 aromatic rings. The monoisotopic (exact) mass is 429 g/mol. The van der Waals surface area contributed by atoms with Crippen LogP contribution in [0.2, 0.25) is 0 Å². The summed E-state index contributed by atoms with van der Waals surface area (Å²) in [5.41, 5.74) is -0.266. The van der Waals surface area contributed by atoms with E-state index in [4.69, 9.17) is 14.2 Å². The molecule has 9 nitrogen and oxygen atoms in total. The van der Waals surface area contributed by atoms with E-state index in [-0.39, 0.29) is 37.2 Å². The number of carbonyl (C=O) groups excluding carboxylic acids is 3. The Morgan fingerprint density at radius 1 is 1.03 bits per heavy atom. The smallest absolute Gasteiger partial charge is 0.345 e. The molecule has 0 fully saturated rings. The van der Waals surface area contributed by atoms with Crippen LogP contribution >= 0.6 is 0 Å². The lowest BCUT2D eigenvalue weighted by atomic mass is 9.94. The van der Waals surface area contributed by atoms with E-state index in [0.717, 1.165) is 5.56 Å². The number of hydrogen-bond acceptors (Lipinski definition) is 8. The van der Waals surface area contributed by atoms with E-state index in [0.29, 0.717) is 12.0 Å². The number of rotatable bonds is 11. The zero-order valence-electron chi connectivity index (χ0n) is 17.2. The number of ether oxygens (including phenoxy) is 3. The van der Waals surface area contributed by atoms with Gasteiger partial charge in [0.2, 0.25) is 0 Å². The molecule has 2 aromatic carbocycles. The molecule has 0 aliphatic carbocycles. The van der Waals surface area contributed by atoms with Gasteiger partial charge in [0.15, 0.2) is 0 Å². The summed E-state index contributed by atoms with van der Waals surface area (Å²) in [7, 11) is 0. The van der Waals surface area contributed by atoms with Crippen molar-refractivity contribution in [3.63, 3.8) is 0 Å². The number of aryl methyl sites for hydroxylation is 1. The van der Waals surface area contributed by atoms with Gasteiger partial charge in [-0.1, -0.05) is 36.4 Å². The van der Waals surface area contributed by atoms with E-state index >= 15 is 0 Å². The Kier molecular flexibility index (Phi) is 8.68. The minimum absolute atomic E-state index is 0.0000447. The lowest BCUT2D eigenvalue weighted by Crippen LogP contribution is -2.17. The average Bonchev–Trinajstić information content (AvgIpc) is 2.76. The molecule has 0 amide bonds. The fourth-order valence-electron chi connectivity index (χ4n) is 3.17. The molecule has 9 heteroatoms. The van der Waals surface area contributed by atoms with Gasteiger partial charge >= 0.3 is 11.9 Å². The van der Waals surface area contributed by atoms with Crippen molar-refractivity contribution in [2.45, 2.75) is 32.8 Å². The second-order valence-corrected chi connectivity index (χ2v) is 6.36. The van der Waals surface area contributed by atoms with E-state index in [1.807, 2.05) is 6.07 Å². The molecular formula is C22H23NO8. The van der Waals surface area contributed by atoms with Crippen molar-refractivity contribution < 1.29 is 33.5 Å². The second kappa shape index (κ2) is 11.4. The molecule has 0 bridgehead atoms. The van der Waals surface area contributed by atoms with Crippen molar-refractivity contribution in [2.24, 2.45) is 0 Å². The van der Waals surface area contributed by atoms with E-state index in [9.17, 15) is 24.5 Å². The van der Waals surface area contributed by atoms with Crippen LogP contribution in [-0.4, -0.2) is 36.5 Å². The molecule has 0 saturated heterocycles. The number of carbonyl (C=O) groups is 3. The first-order chi connectivity index (χ1) is 14.9. The number of esters is 2. The molecule has 0 radical (unpaired) electrons. The number of benzene rings is 2. The Labute approximate surface area is 179 Å². The summed E-state index contributed by atoms with van der Waals surface area (Å²) in [6.07, 6.45) is -0.200. The van der Waals surface area contributed by atoms with Gasteiger partial charge in [-0.05, 0) is 43.9 Å². The van der Waals surface area contributed by atoms with Crippen molar-refractivity contribution in [2.75, 3.05) is 13.2 Å². The number of nitro benzene ring substituents is 1. The van der Waals surface area contributed by atoms with E-state index in [2.05, 4.69) is 0 Å². The summed E-state index contributed by atoms with van der Waals surface area (Å²) in [5.74, 6) is -1.82. The van der Waals surface area contributed by atoms with Gasteiger partial charge in [-0.3, -0.25) is 14.9 Å². The highest BCUT2D eigenvalue weighted by molar-refractivity contribution is 6.03. The van der Waals surface area contributed by atoms with Crippen LogP contribution in [0.5, 0.6) is 0 Å². The first-order valence-corrected chi connectivity index (χ1v) is 9.73. The first-order valence-electron chi connectivity index (χ1n) is 9.73. The summed E-state index contributed by atoms with van der Waals surface area (Å²) in [5, 5.41) is 11.8. The third-order valence-corrected chi connectivity index (χ3v) is 4.49. The van der Waals surface area contributed by atoms with Gasteiger partial charge in [0, 0.05) is 0 Å². The van der Waals surface area contributed by atoms with Gasteiger partial charge in [-0.2, -0.15) is 0 Å². The van der Waals surface area contributed by atoms with Gasteiger partial charge in [0.05, 0.1) is 18.1 Å². The summed E-state index contributed by atoms with van der Waals surface area (Å²) < 4.78 is 15.1. The Balaban J connectivity index is 2.49. The molecule has 2 rings (SSSR count). The predicted octanol–water partition coefficient (Wildman–Crippen LogP) is 3.80. The zero-order chi connectivity index (χ0) is 22.8. The maximum absolute atomic E-state index is 12.6. The molecule has 0 aliphatic heterocycles. The van der Waals surface area contributed by atoms with Gasteiger partial charge in [0.25, 0.3) is 12.2 Å². The zero-order valence-corrected chi connectivity index (χ0v) is 17.2. The normalized spacial score (nSPS) is 11.3. The van der Waals surface area contributed by atoms with E-state index < -0.39 is 28.7 Å². The van der Waals surface area contributed by atoms with E-state index in [1.54, 1.807) is 38.1 Å². The number of nitrogens with zero attached hydrogens (tertiary/aromatic N) is 1. The fraction of sp³-hybridized carbons (Fsp3) is 0.318. The lowest BCUT2D eigenvalue weighted by molar-refractivity contribution is -0.385. The third-order valence-electron chi connectivity index (χ3n) is 4.49. The average molecular weight is 429 g/mol. The molecule has 0 saturated carbocycles. The number of hydrogen-bond donors (Lipinski definition) is 0. The van der Waals surface area contributed by atoms with Crippen LogP contribution in [0.3, 0.4) is 0 Å². The maximum atomic E-state index is 12.6. The van der Waals surface area contributed by atoms with Crippen molar-refractivity contribution in [3.8, 4) is 0 Å². The van der Waals surface area contributed by atoms with Crippen LogP contribution < -0.4 is 0 Å². The molecule has 0 aromatic heterocycles. The molecule has 1 atom stereocenters. The molecule has 31 heavy (non-hydrogen) atoms. The molecule has 0 spiro atoms. The highest BCUT2D eigenvalue weighted by Gasteiger charge is 2.33. The summed E-state index contributed by atoms with van der Waals surface area (Å²) in [6.45, 7) is 3.49. The maximum Gasteiger partial charge on any atom is 0.345 e. The minimum atomic E-state index is -0.914. The first kappa shape index (κ1) is 23.5. The predicted molar refractivity (Wildman–Crippen MR) is 110 cm³/mol. The van der Waals surface area contributed by atoms with Crippen LogP contribution in [0.4, 0.5) is 5.69 Å². The Hall–Kier alpha value is -3.75. The molecule has 164 valence electrons. The van der Waals surface area contributed by atoms with Crippen LogP contribution in [0.1, 0.15) is 58.2 Å². The van der Waals surface area contributed by atoms with Gasteiger partial charge in [0.1, 0.15) is 17.2 Å². The van der Waals surface area contributed by atoms with Crippen LogP contribution in [-0.2, 0) is 25.4 Å². The summed E-state index contributed by atoms with van der Waals surface area (Å²) >= 11 is 0. The summed E-state index contributed by atoms with van der Waals surface area (Å²) in [4.78, 5) is 46.8. The fourth-order valence-corrected chi connectivity index (χ4v) is 3.17. The molecular weight excluding hydrogens is 406 g/mol. The SMILES string of the molecule is CCOC(=O)c1ccc(CCC(OC=O)c2ccccc2)c(C(=O)OCC)c1[N+](=O)[O-]. The quantitative estimate of drug-likeness (QED) is 0.174. The molecule has 0 N–H and O–H groups in total. The Bertz CT molecular complexity index is 942. The lowest BCUT2D eigenvalue weighted by Gasteiger charge is -2.17. The minimum Gasteiger partial charge on any atom is -0.462 e. The summed E-state index contributed by atoms with van der Waals surface area (Å²) in [6, 6.07) is 11.7. The van der Waals surface area contributed by atoms with Gasteiger partial charge < -0.3 is 14.2 Å². The Morgan fingerprint density at radius 3 is 2.26 bits per heavy atom. The molecule has 0 heterocycles. The van der Waals surface area contributed by atoms with Crippen LogP contribution in [0.25, 0.3) is 0 Å². The highest BCUT2D eigenvalue weighted by Crippen LogP contribution is 2.31. The van der Waals surface area contributed by atoms with Crippen molar-refractivity contribution in [1.82, 2.24) is 0 Å². The topological polar surface area (TPSA) is 122 Å². The largest absolute Gasteiger partial charge is 0.462 e.